The van der Waals surface area contributed by atoms with Gasteiger partial charge in [-0.15, -0.1) is 0 Å². The van der Waals surface area contributed by atoms with E-state index in [0.29, 0.717) is 11.0 Å². The highest BCUT2D eigenvalue weighted by Gasteiger charge is 2.26. The molecule has 1 atom stereocenters. The second-order valence-electron chi connectivity index (χ2n) is 7.17. The number of aromatic nitrogens is 2. The molecule has 1 aliphatic heterocycles. The summed E-state index contributed by atoms with van der Waals surface area (Å²) in [6.07, 6.45) is 2.22. The largest absolute Gasteiger partial charge is 0.497 e. The van der Waals surface area contributed by atoms with Crippen molar-refractivity contribution in [2.45, 2.75) is 23.8 Å². The Morgan fingerprint density at radius 2 is 1.76 bits per heavy atom. The number of aromatic amines is 2. The fourth-order valence-electron chi connectivity index (χ4n) is 3.79. The molecular weight excluding hydrogens is 392 g/mol. The maximum Gasteiger partial charge on any atom is 0.323 e. The van der Waals surface area contributed by atoms with E-state index >= 15 is 0 Å². The number of rotatable bonds is 7. The Bertz CT molecular complexity index is 1150. The van der Waals surface area contributed by atoms with E-state index in [1.165, 1.54) is 12.1 Å². The van der Waals surface area contributed by atoms with E-state index < -0.39 is 10.0 Å². The molecule has 3 aromatic rings. The van der Waals surface area contributed by atoms with Gasteiger partial charge in [0.1, 0.15) is 5.75 Å². The van der Waals surface area contributed by atoms with Gasteiger partial charge in [0.25, 0.3) is 0 Å². The van der Waals surface area contributed by atoms with Gasteiger partial charge in [0.15, 0.2) is 0 Å². The van der Waals surface area contributed by atoms with Crippen LogP contribution in [0.4, 0.5) is 0 Å². The lowest BCUT2D eigenvalue weighted by atomic mass is 10.1. The van der Waals surface area contributed by atoms with Crippen LogP contribution < -0.4 is 15.1 Å². The predicted molar refractivity (Wildman–Crippen MR) is 111 cm³/mol. The maximum absolute atomic E-state index is 12.9. The van der Waals surface area contributed by atoms with Crippen LogP contribution in [0, 0.1) is 0 Å². The third-order valence-electron chi connectivity index (χ3n) is 5.35. The van der Waals surface area contributed by atoms with Gasteiger partial charge in [-0.25, -0.2) is 17.9 Å². The second-order valence-corrected chi connectivity index (χ2v) is 8.94. The predicted octanol–water partition coefficient (Wildman–Crippen LogP) is 1.98. The van der Waals surface area contributed by atoms with Crippen molar-refractivity contribution < 1.29 is 13.2 Å². The van der Waals surface area contributed by atoms with Crippen LogP contribution >= 0.6 is 0 Å². The van der Waals surface area contributed by atoms with Crippen LogP contribution in [-0.2, 0) is 10.0 Å². The molecule has 0 radical (unpaired) electrons. The third kappa shape index (κ3) is 4.21. The number of likely N-dealkylation sites (tertiary alicyclic amines) is 1. The number of imidazole rings is 1. The summed E-state index contributed by atoms with van der Waals surface area (Å²) in [6.45, 7) is 2.14. The highest BCUT2D eigenvalue weighted by Crippen LogP contribution is 2.27. The normalized spacial score (nSPS) is 16.3. The van der Waals surface area contributed by atoms with Gasteiger partial charge in [-0.05, 0) is 61.8 Å². The van der Waals surface area contributed by atoms with Crippen LogP contribution in [0.25, 0.3) is 11.0 Å². The number of sulfonamides is 1. The molecule has 1 unspecified atom stereocenters. The summed E-state index contributed by atoms with van der Waals surface area (Å²) in [5.74, 6) is 0.767. The minimum atomic E-state index is -3.73. The average molecular weight is 417 g/mol. The van der Waals surface area contributed by atoms with Crippen LogP contribution in [0.5, 0.6) is 5.75 Å². The lowest BCUT2D eigenvalue weighted by Gasteiger charge is -2.28. The number of ether oxygens (including phenoxy) is 1. The van der Waals surface area contributed by atoms with Gasteiger partial charge in [0.2, 0.25) is 10.0 Å². The van der Waals surface area contributed by atoms with Crippen molar-refractivity contribution in [2.24, 2.45) is 0 Å². The first-order chi connectivity index (χ1) is 14.0. The van der Waals surface area contributed by atoms with Gasteiger partial charge in [0, 0.05) is 12.6 Å². The number of H-pyrrole nitrogens is 2. The highest BCUT2D eigenvalue weighted by atomic mass is 32.2. The lowest BCUT2D eigenvalue weighted by Crippen LogP contribution is -2.36. The fourth-order valence-corrected chi connectivity index (χ4v) is 4.85. The lowest BCUT2D eigenvalue weighted by molar-refractivity contribution is 0.246. The number of nitrogens with one attached hydrogen (secondary N) is 3. The Hall–Kier alpha value is -2.62. The second kappa shape index (κ2) is 8.02. The molecular formula is C20H24N4O4S. The molecule has 1 aromatic heterocycles. The molecule has 2 heterocycles. The standard InChI is InChI=1S/C20H24N4O4S/c1-28-15-6-4-14(5-7-15)19(24-10-2-3-11-24)13-21-29(26,27)16-8-9-17-18(12-16)23-20(25)22-17/h4-9,12,19,21H,2-3,10-11,13H2,1H3,(H2,22,23,25). The van der Waals surface area contributed by atoms with Crippen LogP contribution in [0.15, 0.2) is 52.2 Å². The fraction of sp³-hybridized carbons (Fsp3) is 0.350. The average Bonchev–Trinajstić information content (AvgIpc) is 3.37. The van der Waals surface area contributed by atoms with Gasteiger partial charge in [-0.1, -0.05) is 12.1 Å². The van der Waals surface area contributed by atoms with Crippen molar-refractivity contribution in [3.8, 4) is 5.75 Å². The van der Waals surface area contributed by atoms with Gasteiger partial charge in [-0.2, -0.15) is 0 Å². The van der Waals surface area contributed by atoms with Gasteiger partial charge >= 0.3 is 5.69 Å². The molecule has 0 aliphatic carbocycles. The molecule has 0 bridgehead atoms. The zero-order valence-electron chi connectivity index (χ0n) is 16.1. The molecule has 4 rings (SSSR count). The van der Waals surface area contributed by atoms with Crippen LogP contribution in [-0.4, -0.2) is 50.0 Å². The Labute approximate surface area is 168 Å². The molecule has 0 spiro atoms. The van der Waals surface area contributed by atoms with Crippen molar-refractivity contribution in [1.29, 1.82) is 0 Å². The van der Waals surface area contributed by atoms with Crippen molar-refractivity contribution in [3.05, 3.63) is 58.5 Å². The number of hydrogen-bond donors (Lipinski definition) is 3. The Morgan fingerprint density at radius 1 is 1.07 bits per heavy atom. The topological polar surface area (TPSA) is 107 Å². The van der Waals surface area contributed by atoms with E-state index in [-0.39, 0.29) is 23.2 Å². The summed E-state index contributed by atoms with van der Waals surface area (Å²) in [7, 11) is -2.10. The molecule has 154 valence electrons. The van der Waals surface area contributed by atoms with Crippen molar-refractivity contribution in [1.82, 2.24) is 19.6 Å². The molecule has 1 fully saturated rings. The molecule has 3 N–H and O–H groups in total. The van der Waals surface area contributed by atoms with E-state index in [1.54, 1.807) is 13.2 Å². The summed E-state index contributed by atoms with van der Waals surface area (Å²) in [5.41, 5.74) is 1.71. The maximum atomic E-state index is 12.9. The van der Waals surface area contributed by atoms with Crippen molar-refractivity contribution >= 4 is 21.1 Å². The minimum absolute atomic E-state index is 0.0611. The third-order valence-corrected chi connectivity index (χ3v) is 6.77. The first-order valence-electron chi connectivity index (χ1n) is 9.56. The Balaban J connectivity index is 1.56. The smallest absolute Gasteiger partial charge is 0.323 e. The van der Waals surface area contributed by atoms with E-state index in [4.69, 9.17) is 4.74 Å². The molecule has 0 saturated carbocycles. The summed E-state index contributed by atoms with van der Waals surface area (Å²) in [4.78, 5) is 19.1. The number of nitrogens with zero attached hydrogens (tertiary/aromatic N) is 1. The van der Waals surface area contributed by atoms with Gasteiger partial charge in [0.05, 0.1) is 23.0 Å². The molecule has 9 heteroatoms. The minimum Gasteiger partial charge on any atom is -0.497 e. The van der Waals surface area contributed by atoms with Crippen LogP contribution in [0.2, 0.25) is 0 Å². The molecule has 2 aromatic carbocycles. The monoisotopic (exact) mass is 416 g/mol. The molecule has 8 nitrogen and oxygen atoms in total. The summed E-state index contributed by atoms with van der Waals surface area (Å²) in [6, 6.07) is 12.2. The Kier molecular flexibility index (Phi) is 5.44. The summed E-state index contributed by atoms with van der Waals surface area (Å²) < 4.78 is 33.7. The molecule has 0 amide bonds. The summed E-state index contributed by atoms with van der Waals surface area (Å²) in [5, 5.41) is 0. The summed E-state index contributed by atoms with van der Waals surface area (Å²) >= 11 is 0. The van der Waals surface area contributed by atoms with Crippen molar-refractivity contribution in [2.75, 3.05) is 26.7 Å². The van der Waals surface area contributed by atoms with Gasteiger partial charge in [-0.3, -0.25) is 4.90 Å². The molecule has 1 aliphatic rings. The van der Waals surface area contributed by atoms with E-state index in [9.17, 15) is 13.2 Å². The number of hydrogen-bond acceptors (Lipinski definition) is 5. The van der Waals surface area contributed by atoms with E-state index in [0.717, 1.165) is 37.2 Å². The van der Waals surface area contributed by atoms with Crippen LogP contribution in [0.3, 0.4) is 0 Å². The van der Waals surface area contributed by atoms with E-state index in [1.807, 2.05) is 24.3 Å². The first kappa shape index (κ1) is 19.7. The highest BCUT2D eigenvalue weighted by molar-refractivity contribution is 7.89. The Morgan fingerprint density at radius 3 is 2.45 bits per heavy atom. The molecule has 29 heavy (non-hydrogen) atoms. The van der Waals surface area contributed by atoms with Crippen molar-refractivity contribution in [3.63, 3.8) is 0 Å². The number of fused-ring (bicyclic) bond motifs is 1. The SMILES string of the molecule is COc1ccc(C(CNS(=O)(=O)c2ccc3[nH]c(=O)[nH]c3c2)N2CCCC2)cc1. The number of methoxy groups -OCH3 is 1. The molecule has 1 saturated heterocycles. The zero-order valence-corrected chi connectivity index (χ0v) is 17.0. The first-order valence-corrected chi connectivity index (χ1v) is 11.0. The number of benzene rings is 2. The van der Waals surface area contributed by atoms with E-state index in [2.05, 4.69) is 19.6 Å². The quantitative estimate of drug-likeness (QED) is 0.546. The van der Waals surface area contributed by atoms with Gasteiger partial charge < -0.3 is 14.7 Å². The van der Waals surface area contributed by atoms with Crippen LogP contribution in [0.1, 0.15) is 24.4 Å². The zero-order chi connectivity index (χ0) is 20.4.